The van der Waals surface area contributed by atoms with Crippen LogP contribution in [0, 0.1) is 5.41 Å². The summed E-state index contributed by atoms with van der Waals surface area (Å²) in [5, 5.41) is 0. The molecule has 2 rings (SSSR count). The third-order valence-electron chi connectivity index (χ3n) is 4.92. The van der Waals surface area contributed by atoms with Gasteiger partial charge in [0.25, 0.3) is 0 Å². The Morgan fingerprint density at radius 1 is 1.21 bits per heavy atom. The minimum absolute atomic E-state index is 0.507. The largest absolute Gasteiger partial charge is 0.330 e. The summed E-state index contributed by atoms with van der Waals surface area (Å²) in [5.74, 6) is 0. The Balaban J connectivity index is 2.05. The van der Waals surface area contributed by atoms with Crippen molar-refractivity contribution < 1.29 is 0 Å². The minimum atomic E-state index is 0.507. The fourth-order valence-corrected chi connectivity index (χ4v) is 3.12. The molecule has 1 unspecified atom stereocenters. The SMILES string of the molecule is CCC1(C)CCN(C(CCN)c2ccccc2)CC1. The Morgan fingerprint density at radius 3 is 2.37 bits per heavy atom. The summed E-state index contributed by atoms with van der Waals surface area (Å²) in [6.45, 7) is 7.95. The molecule has 19 heavy (non-hydrogen) atoms. The van der Waals surface area contributed by atoms with Gasteiger partial charge < -0.3 is 5.73 Å². The zero-order valence-corrected chi connectivity index (χ0v) is 12.4. The molecule has 0 spiro atoms. The summed E-state index contributed by atoms with van der Waals surface area (Å²) in [5.41, 5.74) is 7.81. The van der Waals surface area contributed by atoms with Crippen LogP contribution in [0.25, 0.3) is 0 Å². The molecule has 1 fully saturated rings. The van der Waals surface area contributed by atoms with Gasteiger partial charge in [0.2, 0.25) is 0 Å². The van der Waals surface area contributed by atoms with Gasteiger partial charge in [0.15, 0.2) is 0 Å². The van der Waals surface area contributed by atoms with E-state index in [2.05, 4.69) is 49.1 Å². The summed E-state index contributed by atoms with van der Waals surface area (Å²) in [7, 11) is 0. The molecule has 2 N–H and O–H groups in total. The highest BCUT2D eigenvalue weighted by molar-refractivity contribution is 5.19. The van der Waals surface area contributed by atoms with Crippen molar-refractivity contribution in [2.24, 2.45) is 11.1 Å². The average Bonchev–Trinajstić information content (AvgIpc) is 2.47. The molecule has 0 radical (unpaired) electrons. The summed E-state index contributed by atoms with van der Waals surface area (Å²) in [6.07, 6.45) is 5.00. The van der Waals surface area contributed by atoms with E-state index in [1.165, 1.54) is 37.9 Å². The van der Waals surface area contributed by atoms with Gasteiger partial charge in [0.05, 0.1) is 0 Å². The highest BCUT2D eigenvalue weighted by Crippen LogP contribution is 2.37. The Bertz CT molecular complexity index is 366. The predicted octanol–water partition coefficient (Wildman–Crippen LogP) is 3.59. The van der Waals surface area contributed by atoms with Crippen molar-refractivity contribution in [1.82, 2.24) is 4.90 Å². The minimum Gasteiger partial charge on any atom is -0.330 e. The molecule has 1 aromatic rings. The van der Waals surface area contributed by atoms with E-state index < -0.39 is 0 Å². The van der Waals surface area contributed by atoms with Crippen LogP contribution in [0.15, 0.2) is 30.3 Å². The van der Waals surface area contributed by atoms with E-state index in [1.807, 2.05) is 0 Å². The molecule has 1 aliphatic heterocycles. The maximum absolute atomic E-state index is 5.83. The number of hydrogen-bond acceptors (Lipinski definition) is 2. The van der Waals surface area contributed by atoms with Crippen LogP contribution in [0.1, 0.15) is 51.1 Å². The molecule has 106 valence electrons. The highest BCUT2D eigenvalue weighted by atomic mass is 15.2. The normalized spacial score (nSPS) is 21.2. The van der Waals surface area contributed by atoms with Crippen LogP contribution in [-0.2, 0) is 0 Å². The second kappa shape index (κ2) is 6.53. The first-order valence-corrected chi connectivity index (χ1v) is 7.67. The first-order valence-electron chi connectivity index (χ1n) is 7.67. The Labute approximate surface area is 118 Å². The van der Waals surface area contributed by atoms with Crippen molar-refractivity contribution >= 4 is 0 Å². The molecule has 0 saturated carbocycles. The van der Waals surface area contributed by atoms with Gasteiger partial charge in [0, 0.05) is 6.04 Å². The molecule has 1 heterocycles. The van der Waals surface area contributed by atoms with E-state index in [4.69, 9.17) is 5.73 Å². The van der Waals surface area contributed by atoms with Gasteiger partial charge in [-0.1, -0.05) is 50.6 Å². The van der Waals surface area contributed by atoms with Crippen LogP contribution >= 0.6 is 0 Å². The molecule has 0 bridgehead atoms. The lowest BCUT2D eigenvalue weighted by Gasteiger charge is -2.42. The molecule has 2 nitrogen and oxygen atoms in total. The molecular formula is C17H28N2. The van der Waals surface area contributed by atoms with Crippen LogP contribution in [0.2, 0.25) is 0 Å². The van der Waals surface area contributed by atoms with Gasteiger partial charge in [-0.3, -0.25) is 4.90 Å². The second-order valence-corrected chi connectivity index (χ2v) is 6.20. The number of nitrogens with two attached hydrogens (primary N) is 1. The molecule has 1 saturated heterocycles. The van der Waals surface area contributed by atoms with Crippen molar-refractivity contribution in [1.29, 1.82) is 0 Å². The first kappa shape index (κ1) is 14.5. The zero-order chi connectivity index (χ0) is 13.7. The van der Waals surface area contributed by atoms with Gasteiger partial charge in [-0.15, -0.1) is 0 Å². The summed E-state index contributed by atoms with van der Waals surface area (Å²) < 4.78 is 0. The van der Waals surface area contributed by atoms with E-state index in [9.17, 15) is 0 Å². The Morgan fingerprint density at radius 2 is 1.84 bits per heavy atom. The van der Waals surface area contributed by atoms with Crippen LogP contribution in [0.5, 0.6) is 0 Å². The number of piperidine rings is 1. The van der Waals surface area contributed by atoms with Crippen LogP contribution in [0.4, 0.5) is 0 Å². The van der Waals surface area contributed by atoms with Gasteiger partial charge in [-0.05, 0) is 49.9 Å². The molecule has 0 aliphatic carbocycles. The summed E-state index contributed by atoms with van der Waals surface area (Å²) >= 11 is 0. The summed E-state index contributed by atoms with van der Waals surface area (Å²) in [6, 6.07) is 11.4. The van der Waals surface area contributed by atoms with E-state index in [0.29, 0.717) is 11.5 Å². The second-order valence-electron chi connectivity index (χ2n) is 6.20. The Hall–Kier alpha value is -0.860. The smallest absolute Gasteiger partial charge is 0.0360 e. The summed E-state index contributed by atoms with van der Waals surface area (Å²) in [4.78, 5) is 2.64. The van der Waals surface area contributed by atoms with Gasteiger partial charge >= 0.3 is 0 Å². The number of nitrogens with zero attached hydrogens (tertiary/aromatic N) is 1. The van der Waals surface area contributed by atoms with Crippen molar-refractivity contribution in [3.05, 3.63) is 35.9 Å². The van der Waals surface area contributed by atoms with E-state index in [0.717, 1.165) is 13.0 Å². The van der Waals surface area contributed by atoms with Crippen LogP contribution < -0.4 is 5.73 Å². The molecule has 1 aromatic carbocycles. The maximum Gasteiger partial charge on any atom is 0.0360 e. The fraction of sp³-hybridized carbons (Fsp3) is 0.647. The van der Waals surface area contributed by atoms with Gasteiger partial charge in [0.1, 0.15) is 0 Å². The van der Waals surface area contributed by atoms with E-state index in [-0.39, 0.29) is 0 Å². The standard InChI is InChI=1S/C17H28N2/c1-3-17(2)10-13-19(14-11-17)16(9-12-18)15-7-5-4-6-8-15/h4-8,16H,3,9-14,18H2,1-2H3. The number of hydrogen-bond donors (Lipinski definition) is 1. The molecule has 0 aromatic heterocycles. The van der Waals surface area contributed by atoms with Crippen LogP contribution in [0.3, 0.4) is 0 Å². The van der Waals surface area contributed by atoms with Gasteiger partial charge in [-0.25, -0.2) is 0 Å². The third kappa shape index (κ3) is 3.58. The highest BCUT2D eigenvalue weighted by Gasteiger charge is 2.31. The zero-order valence-electron chi connectivity index (χ0n) is 12.4. The molecule has 1 aliphatic rings. The number of rotatable bonds is 5. The molecule has 1 atom stereocenters. The first-order chi connectivity index (χ1) is 9.18. The van der Waals surface area contributed by atoms with Crippen molar-refractivity contribution in [3.8, 4) is 0 Å². The lowest BCUT2D eigenvalue weighted by molar-refractivity contribution is 0.0776. The topological polar surface area (TPSA) is 29.3 Å². The lowest BCUT2D eigenvalue weighted by atomic mass is 9.77. The molecular weight excluding hydrogens is 232 g/mol. The average molecular weight is 260 g/mol. The number of likely N-dealkylation sites (tertiary alicyclic amines) is 1. The van der Waals surface area contributed by atoms with Crippen molar-refractivity contribution in [2.75, 3.05) is 19.6 Å². The van der Waals surface area contributed by atoms with Crippen LogP contribution in [-0.4, -0.2) is 24.5 Å². The Kier molecular flexibility index (Phi) is 5.00. The monoisotopic (exact) mass is 260 g/mol. The van der Waals surface area contributed by atoms with Crippen molar-refractivity contribution in [3.63, 3.8) is 0 Å². The van der Waals surface area contributed by atoms with Crippen molar-refractivity contribution in [2.45, 2.75) is 45.6 Å². The predicted molar refractivity (Wildman–Crippen MR) is 82.1 cm³/mol. The quantitative estimate of drug-likeness (QED) is 0.876. The number of benzene rings is 1. The third-order valence-corrected chi connectivity index (χ3v) is 4.92. The van der Waals surface area contributed by atoms with E-state index >= 15 is 0 Å². The molecule has 2 heteroatoms. The fourth-order valence-electron chi connectivity index (χ4n) is 3.12. The van der Waals surface area contributed by atoms with Gasteiger partial charge in [-0.2, -0.15) is 0 Å². The van der Waals surface area contributed by atoms with E-state index in [1.54, 1.807) is 0 Å². The lowest BCUT2D eigenvalue weighted by Crippen LogP contribution is -2.41. The maximum atomic E-state index is 5.83. The molecule has 0 amide bonds.